The third-order valence-electron chi connectivity index (χ3n) is 4.12. The van der Waals surface area contributed by atoms with Crippen LogP contribution in [0.1, 0.15) is 20.7 Å². The van der Waals surface area contributed by atoms with Gasteiger partial charge in [-0.1, -0.05) is 45.3 Å². The van der Waals surface area contributed by atoms with Gasteiger partial charge in [-0.2, -0.15) is 0 Å². The van der Waals surface area contributed by atoms with Gasteiger partial charge in [0.15, 0.2) is 0 Å². The molecule has 7 nitrogen and oxygen atoms in total. The fraction of sp³-hybridized carbons (Fsp3) is 0. The molecule has 2 N–H and O–H groups in total. The van der Waals surface area contributed by atoms with Crippen molar-refractivity contribution >= 4 is 44.6 Å². The second-order valence-electron chi connectivity index (χ2n) is 5.89. The van der Waals surface area contributed by atoms with Gasteiger partial charge in [0.05, 0.1) is 5.56 Å². The highest BCUT2D eigenvalue weighted by Gasteiger charge is 2.18. The molecule has 0 saturated carbocycles. The number of fused-ring (bicyclic) bond motifs is 1. The first-order chi connectivity index (χ1) is 13.5. The van der Waals surface area contributed by atoms with E-state index in [9.17, 15) is 14.7 Å². The molecule has 4 aromatic rings. The number of hydrogen-bond acceptors (Lipinski definition) is 5. The maximum atomic E-state index is 12.8. The maximum absolute atomic E-state index is 12.8. The molecule has 0 saturated heterocycles. The fourth-order valence-corrected chi connectivity index (χ4v) is 3.12. The number of halogens is 1. The van der Waals surface area contributed by atoms with E-state index in [2.05, 4.69) is 31.4 Å². The number of aromatic nitrogens is 2. The second kappa shape index (κ2) is 7.24. The lowest BCUT2D eigenvalue weighted by Gasteiger charge is -2.08. The van der Waals surface area contributed by atoms with Crippen LogP contribution in [0, 0.1) is 0 Å². The number of anilines is 1. The number of benzene rings is 3. The molecule has 0 aliphatic carbocycles. The molecular weight excluding hydrogens is 426 g/mol. The van der Waals surface area contributed by atoms with Crippen LogP contribution in [0.2, 0.25) is 0 Å². The second-order valence-corrected chi connectivity index (χ2v) is 6.80. The van der Waals surface area contributed by atoms with Crippen molar-refractivity contribution < 1.29 is 19.1 Å². The number of carbonyl (C=O) groups excluding carboxylic acids is 1. The summed E-state index contributed by atoms with van der Waals surface area (Å²) in [6.07, 6.45) is 0. The van der Waals surface area contributed by atoms with Gasteiger partial charge in [-0.05, 0) is 41.8 Å². The van der Waals surface area contributed by atoms with Crippen molar-refractivity contribution in [1.82, 2.24) is 10.2 Å². The summed E-state index contributed by atoms with van der Waals surface area (Å²) >= 11 is 3.35. The molecule has 1 heterocycles. The van der Waals surface area contributed by atoms with E-state index in [1.54, 1.807) is 42.5 Å². The summed E-state index contributed by atoms with van der Waals surface area (Å²) in [5.74, 6) is -1.39. The van der Waals surface area contributed by atoms with Crippen LogP contribution in [-0.2, 0) is 0 Å². The number of hydrogen-bond donors (Lipinski definition) is 2. The van der Waals surface area contributed by atoms with Gasteiger partial charge in [0, 0.05) is 21.0 Å². The van der Waals surface area contributed by atoms with Gasteiger partial charge < -0.3 is 9.52 Å². The average molecular weight is 438 g/mol. The zero-order valence-corrected chi connectivity index (χ0v) is 15.8. The van der Waals surface area contributed by atoms with Gasteiger partial charge in [0.25, 0.3) is 5.91 Å². The van der Waals surface area contributed by atoms with Crippen LogP contribution >= 0.6 is 15.9 Å². The van der Waals surface area contributed by atoms with E-state index >= 15 is 0 Å². The van der Waals surface area contributed by atoms with Crippen LogP contribution in [-0.4, -0.2) is 27.2 Å². The van der Waals surface area contributed by atoms with Crippen molar-refractivity contribution in [2.45, 2.75) is 0 Å². The standard InChI is InChI=1S/C20H12BrN3O4/c21-13-9-7-12(8-10-13)18-23-24-20(28-18)22-17(25)14-5-1-3-11-4-2-6-15(16(11)14)19(26)27/h1-10H,(H,26,27)(H,22,24,25). The van der Waals surface area contributed by atoms with Crippen LogP contribution in [0.5, 0.6) is 0 Å². The Kier molecular flexibility index (Phi) is 4.62. The summed E-state index contributed by atoms with van der Waals surface area (Å²) in [5.41, 5.74) is 0.956. The van der Waals surface area contributed by atoms with Gasteiger partial charge >= 0.3 is 12.0 Å². The highest BCUT2D eigenvalue weighted by atomic mass is 79.9. The van der Waals surface area contributed by atoms with Crippen molar-refractivity contribution in [1.29, 1.82) is 0 Å². The third kappa shape index (κ3) is 3.37. The smallest absolute Gasteiger partial charge is 0.336 e. The lowest BCUT2D eigenvalue weighted by Crippen LogP contribution is -2.14. The molecule has 3 aromatic carbocycles. The van der Waals surface area contributed by atoms with E-state index < -0.39 is 11.9 Å². The molecule has 138 valence electrons. The molecule has 1 amide bonds. The first-order valence-electron chi connectivity index (χ1n) is 8.19. The molecule has 4 rings (SSSR count). The number of carboxylic acids is 1. The number of nitrogens with zero attached hydrogens (tertiary/aromatic N) is 2. The van der Waals surface area contributed by atoms with Crippen molar-refractivity contribution in [2.24, 2.45) is 0 Å². The van der Waals surface area contributed by atoms with E-state index in [1.165, 1.54) is 6.07 Å². The van der Waals surface area contributed by atoms with E-state index in [4.69, 9.17) is 4.42 Å². The molecule has 0 aliphatic heterocycles. The minimum atomic E-state index is -1.11. The number of carboxylic acid groups (broad SMARTS) is 1. The predicted molar refractivity (Wildman–Crippen MR) is 106 cm³/mol. The van der Waals surface area contributed by atoms with Crippen LogP contribution in [0.4, 0.5) is 6.01 Å². The summed E-state index contributed by atoms with van der Waals surface area (Å²) in [7, 11) is 0. The molecule has 0 bridgehead atoms. The maximum Gasteiger partial charge on any atom is 0.336 e. The topological polar surface area (TPSA) is 105 Å². The first-order valence-corrected chi connectivity index (χ1v) is 8.98. The lowest BCUT2D eigenvalue weighted by atomic mass is 9.99. The summed E-state index contributed by atoms with van der Waals surface area (Å²) < 4.78 is 6.42. The minimum absolute atomic E-state index is 0.0457. The van der Waals surface area contributed by atoms with Crippen LogP contribution < -0.4 is 5.32 Å². The van der Waals surface area contributed by atoms with E-state index in [1.807, 2.05) is 12.1 Å². The van der Waals surface area contributed by atoms with Gasteiger partial charge in [-0.25, -0.2) is 4.79 Å². The fourth-order valence-electron chi connectivity index (χ4n) is 2.86. The lowest BCUT2D eigenvalue weighted by molar-refractivity contribution is 0.0699. The SMILES string of the molecule is O=C(O)c1cccc2cccc(C(=O)Nc3nnc(-c4ccc(Br)cc4)o3)c12. The highest BCUT2D eigenvalue weighted by molar-refractivity contribution is 9.10. The summed E-state index contributed by atoms with van der Waals surface area (Å²) in [4.78, 5) is 24.3. The van der Waals surface area contributed by atoms with E-state index in [0.29, 0.717) is 16.3 Å². The Bertz CT molecular complexity index is 1200. The summed E-state index contributed by atoms with van der Waals surface area (Å²) in [6.45, 7) is 0. The van der Waals surface area contributed by atoms with Crippen molar-refractivity contribution in [3.05, 3.63) is 76.3 Å². The Hall–Kier alpha value is -3.52. The zero-order chi connectivity index (χ0) is 19.7. The van der Waals surface area contributed by atoms with E-state index in [-0.39, 0.29) is 23.0 Å². The predicted octanol–water partition coefficient (Wildman–Crippen LogP) is 4.60. The highest BCUT2D eigenvalue weighted by Crippen LogP contribution is 2.25. The number of nitrogens with one attached hydrogen (secondary N) is 1. The van der Waals surface area contributed by atoms with Crippen molar-refractivity contribution in [3.8, 4) is 11.5 Å². The number of amides is 1. The number of carbonyl (C=O) groups is 2. The Labute approximate surface area is 167 Å². The molecular formula is C20H12BrN3O4. The van der Waals surface area contributed by atoms with E-state index in [0.717, 1.165) is 4.47 Å². The normalized spacial score (nSPS) is 10.8. The van der Waals surface area contributed by atoms with Crippen LogP contribution in [0.3, 0.4) is 0 Å². The Morgan fingerprint density at radius 3 is 2.29 bits per heavy atom. The summed E-state index contributed by atoms with van der Waals surface area (Å²) in [6, 6.07) is 17.0. The quantitative estimate of drug-likeness (QED) is 0.483. The van der Waals surface area contributed by atoms with Crippen LogP contribution in [0.15, 0.2) is 69.6 Å². The van der Waals surface area contributed by atoms with Gasteiger partial charge in [0.2, 0.25) is 5.89 Å². The first kappa shape index (κ1) is 17.9. The molecule has 0 aliphatic rings. The molecule has 28 heavy (non-hydrogen) atoms. The molecule has 0 spiro atoms. The van der Waals surface area contributed by atoms with Gasteiger partial charge in [-0.3, -0.25) is 10.1 Å². The Morgan fingerprint density at radius 2 is 1.61 bits per heavy atom. The molecule has 0 unspecified atom stereocenters. The molecule has 8 heteroatoms. The zero-order valence-electron chi connectivity index (χ0n) is 14.2. The van der Waals surface area contributed by atoms with Gasteiger partial charge in [-0.15, -0.1) is 5.10 Å². The Balaban J connectivity index is 1.66. The molecule has 0 fully saturated rings. The molecule has 1 aromatic heterocycles. The molecule has 0 atom stereocenters. The van der Waals surface area contributed by atoms with Crippen molar-refractivity contribution in [3.63, 3.8) is 0 Å². The number of aromatic carboxylic acids is 1. The summed E-state index contributed by atoms with van der Waals surface area (Å²) in [5, 5.41) is 20.8. The monoisotopic (exact) mass is 437 g/mol. The largest absolute Gasteiger partial charge is 0.478 e. The third-order valence-corrected chi connectivity index (χ3v) is 4.65. The minimum Gasteiger partial charge on any atom is -0.478 e. The molecule has 0 radical (unpaired) electrons. The Morgan fingerprint density at radius 1 is 0.929 bits per heavy atom. The van der Waals surface area contributed by atoms with Crippen molar-refractivity contribution in [2.75, 3.05) is 5.32 Å². The van der Waals surface area contributed by atoms with Crippen LogP contribution in [0.25, 0.3) is 22.2 Å². The van der Waals surface area contributed by atoms with Gasteiger partial charge in [0.1, 0.15) is 0 Å². The number of rotatable bonds is 4. The average Bonchev–Trinajstić information content (AvgIpc) is 3.15.